The van der Waals surface area contributed by atoms with Gasteiger partial charge >= 0.3 is 6.36 Å². The van der Waals surface area contributed by atoms with Crippen molar-refractivity contribution in [3.8, 4) is 5.75 Å². The number of nitrogen functional groups attached to an aromatic ring is 1. The molecule has 0 atom stereocenters. The average molecular weight is 237 g/mol. The lowest BCUT2D eigenvalue weighted by molar-refractivity contribution is -0.275. The van der Waals surface area contributed by atoms with Crippen molar-refractivity contribution in [1.82, 2.24) is 4.98 Å². The van der Waals surface area contributed by atoms with Gasteiger partial charge in [-0.1, -0.05) is 0 Å². The highest BCUT2D eigenvalue weighted by molar-refractivity contribution is 5.56. The maximum atomic E-state index is 12.0. The topological polar surface area (TPSA) is 94.4 Å². The van der Waals surface area contributed by atoms with E-state index in [1.54, 1.807) is 0 Å². The maximum Gasteiger partial charge on any atom is 0.573 e. The number of anilines is 1. The van der Waals surface area contributed by atoms with Crippen LogP contribution in [-0.2, 0) is 13.2 Å². The minimum Gasteiger partial charge on any atom is -0.404 e. The van der Waals surface area contributed by atoms with Gasteiger partial charge in [0.1, 0.15) is 0 Å². The summed E-state index contributed by atoms with van der Waals surface area (Å²) in [6, 6.07) is 0. The molecule has 0 unspecified atom stereocenters. The van der Waals surface area contributed by atoms with Crippen LogP contribution in [-0.4, -0.2) is 16.5 Å². The van der Waals surface area contributed by atoms with Gasteiger partial charge in [-0.05, 0) is 0 Å². The second kappa shape index (κ2) is 4.54. The summed E-state index contributed by atoms with van der Waals surface area (Å²) in [5.41, 5.74) is 10.7. The Morgan fingerprint density at radius 1 is 1.44 bits per heavy atom. The number of alkyl halides is 3. The fourth-order valence-electron chi connectivity index (χ4n) is 1.13. The summed E-state index contributed by atoms with van der Waals surface area (Å²) in [7, 11) is 0. The summed E-state index contributed by atoms with van der Waals surface area (Å²) in [5.74, 6) is -0.621. The van der Waals surface area contributed by atoms with Crippen LogP contribution in [0.25, 0.3) is 0 Å². The molecule has 90 valence electrons. The number of nitrogens with two attached hydrogens (primary N) is 2. The van der Waals surface area contributed by atoms with E-state index in [1.807, 2.05) is 0 Å². The molecule has 0 radical (unpaired) electrons. The molecule has 5 N–H and O–H groups in total. The molecular formula is C8H10F3N3O2. The van der Waals surface area contributed by atoms with Crippen LogP contribution < -0.4 is 16.2 Å². The predicted molar refractivity (Wildman–Crippen MR) is 49.1 cm³/mol. The van der Waals surface area contributed by atoms with Gasteiger partial charge in [-0.25, -0.2) is 0 Å². The fourth-order valence-corrected chi connectivity index (χ4v) is 1.13. The average Bonchev–Trinajstić information content (AvgIpc) is 2.16. The van der Waals surface area contributed by atoms with Gasteiger partial charge in [0, 0.05) is 12.1 Å². The van der Waals surface area contributed by atoms with Crippen LogP contribution in [0.3, 0.4) is 0 Å². The Kier molecular flexibility index (Phi) is 3.55. The first-order chi connectivity index (χ1) is 7.39. The Balaban J connectivity index is 3.16. The molecular weight excluding hydrogens is 227 g/mol. The third-order valence-electron chi connectivity index (χ3n) is 1.85. The minimum atomic E-state index is -4.86. The molecule has 0 saturated heterocycles. The number of hydrogen-bond donors (Lipinski definition) is 3. The van der Waals surface area contributed by atoms with Gasteiger partial charge in [-0.15, -0.1) is 13.2 Å². The fraction of sp³-hybridized carbons (Fsp3) is 0.375. The molecule has 1 aromatic heterocycles. The molecule has 0 saturated carbocycles. The Hall–Kier alpha value is -1.54. The number of aliphatic hydroxyl groups is 1. The van der Waals surface area contributed by atoms with E-state index >= 15 is 0 Å². The SMILES string of the molecule is NCc1ncc(OC(F)(F)F)c(CO)c1N. The first kappa shape index (κ1) is 12.5. The van der Waals surface area contributed by atoms with Crippen molar-refractivity contribution >= 4 is 5.69 Å². The lowest BCUT2D eigenvalue weighted by Crippen LogP contribution is -2.19. The summed E-state index contributed by atoms with van der Waals surface area (Å²) in [5, 5.41) is 8.92. The highest BCUT2D eigenvalue weighted by Crippen LogP contribution is 2.30. The van der Waals surface area contributed by atoms with Gasteiger partial charge in [0.2, 0.25) is 0 Å². The molecule has 0 fully saturated rings. The Labute approximate surface area is 88.8 Å². The van der Waals surface area contributed by atoms with Crippen LogP contribution in [0.15, 0.2) is 6.20 Å². The molecule has 0 spiro atoms. The van der Waals surface area contributed by atoms with E-state index in [4.69, 9.17) is 16.6 Å². The largest absolute Gasteiger partial charge is 0.573 e. The van der Waals surface area contributed by atoms with Crippen molar-refractivity contribution in [2.45, 2.75) is 19.5 Å². The number of hydrogen-bond acceptors (Lipinski definition) is 5. The molecule has 5 nitrogen and oxygen atoms in total. The van der Waals surface area contributed by atoms with E-state index < -0.39 is 18.7 Å². The van der Waals surface area contributed by atoms with Crippen LogP contribution in [0.1, 0.15) is 11.3 Å². The van der Waals surface area contributed by atoms with Gasteiger partial charge in [0.25, 0.3) is 0 Å². The molecule has 16 heavy (non-hydrogen) atoms. The van der Waals surface area contributed by atoms with Crippen LogP contribution in [0.2, 0.25) is 0 Å². The molecule has 0 bridgehead atoms. The van der Waals surface area contributed by atoms with E-state index in [0.29, 0.717) is 0 Å². The molecule has 8 heteroatoms. The van der Waals surface area contributed by atoms with Gasteiger partial charge in [0.15, 0.2) is 5.75 Å². The van der Waals surface area contributed by atoms with E-state index in [-0.39, 0.29) is 23.5 Å². The normalized spacial score (nSPS) is 11.6. The molecule has 0 amide bonds. The number of nitrogens with zero attached hydrogens (tertiary/aromatic N) is 1. The van der Waals surface area contributed by atoms with Crippen molar-refractivity contribution in [2.75, 3.05) is 5.73 Å². The van der Waals surface area contributed by atoms with Gasteiger partial charge in [-0.2, -0.15) is 0 Å². The number of halogens is 3. The number of rotatable bonds is 3. The quantitative estimate of drug-likeness (QED) is 0.712. The van der Waals surface area contributed by atoms with Gasteiger partial charge < -0.3 is 21.3 Å². The molecule has 1 rings (SSSR count). The van der Waals surface area contributed by atoms with Crippen LogP contribution in [0.5, 0.6) is 5.75 Å². The van der Waals surface area contributed by atoms with Crippen molar-refractivity contribution in [1.29, 1.82) is 0 Å². The smallest absolute Gasteiger partial charge is 0.404 e. The lowest BCUT2D eigenvalue weighted by Gasteiger charge is -2.14. The number of aliphatic hydroxyl groups excluding tert-OH is 1. The van der Waals surface area contributed by atoms with Crippen molar-refractivity contribution in [3.05, 3.63) is 17.5 Å². The Morgan fingerprint density at radius 3 is 2.50 bits per heavy atom. The monoisotopic (exact) mass is 237 g/mol. The second-order valence-electron chi connectivity index (χ2n) is 2.87. The zero-order valence-electron chi connectivity index (χ0n) is 8.08. The second-order valence-corrected chi connectivity index (χ2v) is 2.87. The zero-order valence-corrected chi connectivity index (χ0v) is 8.08. The Bertz CT molecular complexity index is 382. The molecule has 0 aliphatic carbocycles. The van der Waals surface area contributed by atoms with Crippen LogP contribution in [0.4, 0.5) is 18.9 Å². The van der Waals surface area contributed by atoms with Gasteiger partial charge in [0.05, 0.1) is 24.2 Å². The first-order valence-corrected chi connectivity index (χ1v) is 4.22. The summed E-state index contributed by atoms with van der Waals surface area (Å²) in [6.45, 7) is -0.724. The van der Waals surface area contributed by atoms with E-state index in [0.717, 1.165) is 6.20 Å². The summed E-state index contributed by atoms with van der Waals surface area (Å²) < 4.78 is 39.6. The number of aromatic nitrogens is 1. The zero-order chi connectivity index (χ0) is 12.3. The van der Waals surface area contributed by atoms with Crippen molar-refractivity contribution < 1.29 is 23.0 Å². The third kappa shape index (κ3) is 2.74. The highest BCUT2D eigenvalue weighted by atomic mass is 19.4. The summed E-state index contributed by atoms with van der Waals surface area (Å²) >= 11 is 0. The molecule has 0 aliphatic rings. The highest BCUT2D eigenvalue weighted by Gasteiger charge is 2.32. The van der Waals surface area contributed by atoms with E-state index in [9.17, 15) is 13.2 Å². The first-order valence-electron chi connectivity index (χ1n) is 4.22. The molecule has 0 aliphatic heterocycles. The molecule has 1 aromatic rings. The van der Waals surface area contributed by atoms with Crippen LogP contribution >= 0.6 is 0 Å². The molecule has 1 heterocycles. The lowest BCUT2D eigenvalue weighted by atomic mass is 10.1. The Morgan fingerprint density at radius 2 is 2.06 bits per heavy atom. The van der Waals surface area contributed by atoms with E-state index in [2.05, 4.69) is 9.72 Å². The van der Waals surface area contributed by atoms with E-state index in [1.165, 1.54) is 0 Å². The van der Waals surface area contributed by atoms with Crippen LogP contribution in [0, 0.1) is 0 Å². The van der Waals surface area contributed by atoms with Gasteiger partial charge in [-0.3, -0.25) is 4.98 Å². The third-order valence-corrected chi connectivity index (χ3v) is 1.85. The molecule has 0 aromatic carbocycles. The van der Waals surface area contributed by atoms with Crippen molar-refractivity contribution in [3.63, 3.8) is 0 Å². The predicted octanol–water partition coefficient (Wildman–Crippen LogP) is 0.513. The number of pyridine rings is 1. The number of ether oxygens (including phenoxy) is 1. The van der Waals surface area contributed by atoms with Crippen molar-refractivity contribution in [2.24, 2.45) is 5.73 Å². The maximum absolute atomic E-state index is 12.0. The summed E-state index contributed by atoms with van der Waals surface area (Å²) in [6.07, 6.45) is -4.03. The standard InChI is InChI=1S/C8H10F3N3O2/c9-8(10,11)16-6-2-14-5(1-12)7(13)4(6)3-15/h2,15H,1,3,12-13H2. The minimum absolute atomic E-state index is 0.0366. The summed E-state index contributed by atoms with van der Waals surface area (Å²) in [4.78, 5) is 3.60.